The van der Waals surface area contributed by atoms with E-state index in [0.29, 0.717) is 16.4 Å². The first kappa shape index (κ1) is 17.6. The molecule has 2 aromatic rings. The molecule has 1 atom stereocenters. The number of amides is 1. The predicted octanol–water partition coefficient (Wildman–Crippen LogP) is 4.02. The Kier molecular flexibility index (Phi) is 5.15. The number of carbonyl (C=O) groups excluding carboxylic acids is 1. The maximum Gasteiger partial charge on any atom is 0.255 e. The molecule has 25 heavy (non-hydrogen) atoms. The number of thiocarbonyl (C=S) groups is 1. The van der Waals surface area contributed by atoms with E-state index in [-0.39, 0.29) is 5.69 Å². The van der Waals surface area contributed by atoms with Crippen molar-refractivity contribution in [2.24, 2.45) is 0 Å². The first-order chi connectivity index (χ1) is 12.0. The normalized spacial score (nSPS) is 16.9. The molecule has 3 N–H and O–H groups in total. The van der Waals surface area contributed by atoms with Crippen LogP contribution in [0.4, 0.5) is 10.1 Å². The van der Waals surface area contributed by atoms with Gasteiger partial charge in [-0.05, 0) is 49.0 Å². The van der Waals surface area contributed by atoms with Crippen molar-refractivity contribution >= 4 is 44.9 Å². The third kappa shape index (κ3) is 3.88. The molecule has 4 nitrogen and oxygen atoms in total. The first-order valence-corrected chi connectivity index (χ1v) is 8.75. The summed E-state index contributed by atoms with van der Waals surface area (Å²) < 4.78 is 14.8. The van der Waals surface area contributed by atoms with E-state index in [9.17, 15) is 9.18 Å². The van der Waals surface area contributed by atoms with E-state index in [0.717, 1.165) is 10.0 Å². The van der Waals surface area contributed by atoms with Gasteiger partial charge in [0.05, 0.1) is 17.3 Å². The number of halogens is 2. The number of hydrogen-bond donors (Lipinski definition) is 3. The molecule has 1 amide bonds. The highest BCUT2D eigenvalue weighted by Crippen LogP contribution is 2.29. The smallest absolute Gasteiger partial charge is 0.255 e. The van der Waals surface area contributed by atoms with Crippen molar-refractivity contribution in [3.05, 3.63) is 75.7 Å². The minimum Gasteiger partial charge on any atom is -0.351 e. The quantitative estimate of drug-likeness (QED) is 0.657. The molecule has 0 bridgehead atoms. The summed E-state index contributed by atoms with van der Waals surface area (Å²) in [4.78, 5) is 12.8. The Balaban J connectivity index is 1.97. The number of carbonyl (C=O) groups is 1. The molecule has 2 aromatic carbocycles. The number of anilines is 1. The summed E-state index contributed by atoms with van der Waals surface area (Å²) >= 11 is 8.66. The topological polar surface area (TPSA) is 53.2 Å². The molecule has 0 aliphatic carbocycles. The molecule has 1 aliphatic rings. The average Bonchev–Trinajstić information content (AvgIpc) is 2.56. The summed E-state index contributed by atoms with van der Waals surface area (Å²) in [6, 6.07) is 13.2. The Morgan fingerprint density at radius 3 is 2.72 bits per heavy atom. The third-order valence-electron chi connectivity index (χ3n) is 3.82. The van der Waals surface area contributed by atoms with Gasteiger partial charge in [0.2, 0.25) is 0 Å². The van der Waals surface area contributed by atoms with Crippen molar-refractivity contribution in [3.8, 4) is 0 Å². The van der Waals surface area contributed by atoms with Gasteiger partial charge in [-0.15, -0.1) is 0 Å². The molecule has 0 unspecified atom stereocenters. The van der Waals surface area contributed by atoms with Gasteiger partial charge in [0.1, 0.15) is 5.82 Å². The summed E-state index contributed by atoms with van der Waals surface area (Å²) in [6.07, 6.45) is 0. The van der Waals surface area contributed by atoms with Crippen molar-refractivity contribution in [2.75, 3.05) is 5.32 Å². The van der Waals surface area contributed by atoms with E-state index in [2.05, 4.69) is 31.9 Å². The fraction of sp³-hybridized carbons (Fsp3) is 0.111. The summed E-state index contributed by atoms with van der Waals surface area (Å²) in [6.45, 7) is 1.77. The molecule has 3 rings (SSSR count). The first-order valence-electron chi connectivity index (χ1n) is 7.55. The number of nitrogens with one attached hydrogen (secondary N) is 3. The van der Waals surface area contributed by atoms with Gasteiger partial charge in [-0.25, -0.2) is 4.39 Å². The standard InChI is InChI=1S/C18H15BrFN3OS/c1-10-15(17(24)22-14-8-3-2-7-13(14)20)16(23-18(25)21-10)11-5-4-6-12(19)9-11/h2-9,16H,1H3,(H,22,24)(H2,21,23,25)/t16-/m1/s1. The van der Waals surface area contributed by atoms with Gasteiger partial charge in [-0.1, -0.05) is 40.2 Å². The van der Waals surface area contributed by atoms with E-state index in [1.54, 1.807) is 19.1 Å². The van der Waals surface area contributed by atoms with E-state index in [1.807, 2.05) is 24.3 Å². The minimum absolute atomic E-state index is 0.133. The molecular formula is C18H15BrFN3OS. The highest BCUT2D eigenvalue weighted by Gasteiger charge is 2.30. The van der Waals surface area contributed by atoms with Gasteiger partial charge < -0.3 is 16.0 Å². The lowest BCUT2D eigenvalue weighted by Crippen LogP contribution is -2.45. The van der Waals surface area contributed by atoms with Gasteiger partial charge in [-0.2, -0.15) is 0 Å². The van der Waals surface area contributed by atoms with Crippen LogP contribution in [0.15, 0.2) is 64.3 Å². The average molecular weight is 420 g/mol. The molecular weight excluding hydrogens is 405 g/mol. The Morgan fingerprint density at radius 1 is 1.24 bits per heavy atom. The highest BCUT2D eigenvalue weighted by atomic mass is 79.9. The van der Waals surface area contributed by atoms with E-state index >= 15 is 0 Å². The summed E-state index contributed by atoms with van der Waals surface area (Å²) in [7, 11) is 0. The zero-order valence-electron chi connectivity index (χ0n) is 13.3. The molecule has 0 spiro atoms. The van der Waals surface area contributed by atoms with Crippen molar-refractivity contribution in [3.63, 3.8) is 0 Å². The highest BCUT2D eigenvalue weighted by molar-refractivity contribution is 9.10. The Labute approximate surface area is 158 Å². The largest absolute Gasteiger partial charge is 0.351 e. The minimum atomic E-state index is -0.486. The van der Waals surface area contributed by atoms with Gasteiger partial charge in [0.25, 0.3) is 5.91 Å². The van der Waals surface area contributed by atoms with Crippen LogP contribution in [0, 0.1) is 5.82 Å². The lowest BCUT2D eigenvalue weighted by atomic mass is 9.95. The van der Waals surface area contributed by atoms with E-state index in [4.69, 9.17) is 12.2 Å². The van der Waals surface area contributed by atoms with Crippen LogP contribution in [0.5, 0.6) is 0 Å². The Morgan fingerprint density at radius 2 is 2.00 bits per heavy atom. The van der Waals surface area contributed by atoms with Crippen molar-refractivity contribution in [1.29, 1.82) is 0 Å². The van der Waals surface area contributed by atoms with Gasteiger partial charge in [-0.3, -0.25) is 4.79 Å². The summed E-state index contributed by atoms with van der Waals surface area (Å²) in [5.74, 6) is -0.879. The van der Waals surface area contributed by atoms with Crippen LogP contribution in [0.25, 0.3) is 0 Å². The molecule has 128 valence electrons. The third-order valence-corrected chi connectivity index (χ3v) is 4.53. The SMILES string of the molecule is CC1=C(C(=O)Nc2ccccc2F)[C@@H](c2cccc(Br)c2)NC(=S)N1. The number of benzene rings is 2. The fourth-order valence-corrected chi connectivity index (χ4v) is 3.37. The zero-order valence-corrected chi connectivity index (χ0v) is 15.7. The van der Waals surface area contributed by atoms with Crippen LogP contribution in [0.3, 0.4) is 0 Å². The monoisotopic (exact) mass is 419 g/mol. The van der Waals surface area contributed by atoms with Crippen LogP contribution in [-0.4, -0.2) is 11.0 Å². The number of allylic oxidation sites excluding steroid dienone is 1. The molecule has 1 aliphatic heterocycles. The molecule has 0 saturated heterocycles. The van der Waals surface area contributed by atoms with Crippen molar-refractivity contribution in [1.82, 2.24) is 10.6 Å². The lowest BCUT2D eigenvalue weighted by molar-refractivity contribution is -0.113. The molecule has 0 fully saturated rings. The molecule has 1 heterocycles. The Hall–Kier alpha value is -2.25. The fourth-order valence-electron chi connectivity index (χ4n) is 2.68. The lowest BCUT2D eigenvalue weighted by Gasteiger charge is -2.30. The molecule has 0 radical (unpaired) electrons. The van der Waals surface area contributed by atoms with Crippen LogP contribution in [0.2, 0.25) is 0 Å². The van der Waals surface area contributed by atoms with Gasteiger partial charge >= 0.3 is 0 Å². The maximum atomic E-state index is 13.9. The van der Waals surface area contributed by atoms with Gasteiger partial charge in [0.15, 0.2) is 5.11 Å². The van der Waals surface area contributed by atoms with Gasteiger partial charge in [0, 0.05) is 10.2 Å². The van der Waals surface area contributed by atoms with Crippen molar-refractivity contribution < 1.29 is 9.18 Å². The zero-order chi connectivity index (χ0) is 18.0. The number of hydrogen-bond acceptors (Lipinski definition) is 2. The second-order valence-corrected chi connectivity index (χ2v) is 6.88. The second kappa shape index (κ2) is 7.33. The molecule has 7 heteroatoms. The van der Waals surface area contributed by atoms with Crippen LogP contribution < -0.4 is 16.0 Å². The predicted molar refractivity (Wildman–Crippen MR) is 103 cm³/mol. The summed E-state index contributed by atoms with van der Waals surface area (Å²) in [5, 5.41) is 9.14. The Bertz CT molecular complexity index is 884. The van der Waals surface area contributed by atoms with Crippen molar-refractivity contribution in [2.45, 2.75) is 13.0 Å². The van der Waals surface area contributed by atoms with Crippen LogP contribution in [-0.2, 0) is 4.79 Å². The number of rotatable bonds is 3. The van der Waals surface area contributed by atoms with Crippen LogP contribution in [0.1, 0.15) is 18.5 Å². The summed E-state index contributed by atoms with van der Waals surface area (Å²) in [5.41, 5.74) is 2.09. The van der Waals surface area contributed by atoms with Crippen LogP contribution >= 0.6 is 28.1 Å². The molecule has 0 saturated carbocycles. The maximum absolute atomic E-state index is 13.9. The van der Waals surface area contributed by atoms with E-state index < -0.39 is 17.8 Å². The molecule has 0 aromatic heterocycles. The second-order valence-electron chi connectivity index (χ2n) is 5.56. The van der Waals surface area contributed by atoms with E-state index in [1.165, 1.54) is 12.1 Å². The number of para-hydroxylation sites is 1.